The molecule has 0 spiro atoms. The standard InChI is InChI=1S/C22H31N3O2/c1-16-7-8-20(13-17(16)2)27-12-11-24-9-4-10-25-19(15-24)14-21(23-25)22(26)18-5-3-6-18/h7-8,13-14,18,22,26H,3-6,9-12,15H2,1-2H3/t22-/m1/s1. The summed E-state index contributed by atoms with van der Waals surface area (Å²) < 4.78 is 8.06. The molecule has 1 fully saturated rings. The number of aromatic nitrogens is 2. The smallest absolute Gasteiger partial charge is 0.119 e. The van der Waals surface area contributed by atoms with Gasteiger partial charge in [0, 0.05) is 26.2 Å². The zero-order chi connectivity index (χ0) is 18.8. The molecular formula is C22H31N3O2. The van der Waals surface area contributed by atoms with Crippen molar-refractivity contribution in [2.75, 3.05) is 19.7 Å². The second kappa shape index (κ2) is 8.03. The Bertz CT molecular complexity index is 782. The zero-order valence-corrected chi connectivity index (χ0v) is 16.5. The highest BCUT2D eigenvalue weighted by Gasteiger charge is 2.29. The molecule has 2 aromatic rings. The van der Waals surface area contributed by atoms with Gasteiger partial charge in [-0.25, -0.2) is 0 Å². The van der Waals surface area contributed by atoms with Gasteiger partial charge in [0.05, 0.1) is 11.4 Å². The summed E-state index contributed by atoms with van der Waals surface area (Å²) in [5, 5.41) is 15.2. The summed E-state index contributed by atoms with van der Waals surface area (Å²) in [6.07, 6.45) is 4.19. The Morgan fingerprint density at radius 2 is 2.00 bits per heavy atom. The van der Waals surface area contributed by atoms with Gasteiger partial charge in [0.2, 0.25) is 0 Å². The minimum Gasteiger partial charge on any atom is -0.492 e. The predicted octanol–water partition coefficient (Wildman–Crippen LogP) is 3.62. The Kier molecular flexibility index (Phi) is 5.50. The van der Waals surface area contributed by atoms with Crippen LogP contribution in [0.5, 0.6) is 5.75 Å². The largest absolute Gasteiger partial charge is 0.492 e. The Balaban J connectivity index is 1.33. The van der Waals surface area contributed by atoms with Gasteiger partial charge in [-0.1, -0.05) is 12.5 Å². The molecular weight excluding hydrogens is 338 g/mol. The SMILES string of the molecule is Cc1ccc(OCCN2CCCn3nc([C@H](O)C4CCC4)cc3C2)cc1C. The molecule has 0 unspecified atom stereocenters. The lowest BCUT2D eigenvalue weighted by molar-refractivity contribution is 0.0580. The van der Waals surface area contributed by atoms with E-state index in [9.17, 15) is 5.11 Å². The summed E-state index contributed by atoms with van der Waals surface area (Å²) >= 11 is 0. The third kappa shape index (κ3) is 4.19. The molecule has 2 heterocycles. The number of aliphatic hydroxyl groups excluding tert-OH is 1. The maximum absolute atomic E-state index is 10.5. The lowest BCUT2D eigenvalue weighted by Gasteiger charge is -2.29. The molecule has 1 aliphatic carbocycles. The van der Waals surface area contributed by atoms with E-state index in [-0.39, 0.29) is 6.10 Å². The molecule has 5 nitrogen and oxygen atoms in total. The van der Waals surface area contributed by atoms with Gasteiger partial charge in [-0.2, -0.15) is 5.10 Å². The number of hydrogen-bond acceptors (Lipinski definition) is 4. The van der Waals surface area contributed by atoms with E-state index in [4.69, 9.17) is 9.84 Å². The van der Waals surface area contributed by atoms with Gasteiger partial charge in [-0.15, -0.1) is 0 Å². The number of aliphatic hydroxyl groups is 1. The first-order valence-corrected chi connectivity index (χ1v) is 10.3. The van der Waals surface area contributed by atoms with Gasteiger partial charge >= 0.3 is 0 Å². The number of hydrogen-bond donors (Lipinski definition) is 1. The first kappa shape index (κ1) is 18.5. The molecule has 0 bridgehead atoms. The number of rotatable bonds is 6. The van der Waals surface area contributed by atoms with Crippen LogP contribution in [0.4, 0.5) is 0 Å². The first-order valence-electron chi connectivity index (χ1n) is 10.3. The fourth-order valence-electron chi connectivity index (χ4n) is 3.98. The van der Waals surface area contributed by atoms with Crippen molar-refractivity contribution >= 4 is 0 Å². The molecule has 1 aromatic heterocycles. The van der Waals surface area contributed by atoms with Crippen LogP contribution < -0.4 is 4.74 Å². The monoisotopic (exact) mass is 369 g/mol. The highest BCUT2D eigenvalue weighted by Crippen LogP contribution is 2.37. The van der Waals surface area contributed by atoms with E-state index in [1.165, 1.54) is 23.2 Å². The number of benzene rings is 1. The molecule has 1 N–H and O–H groups in total. The lowest BCUT2D eigenvalue weighted by Crippen LogP contribution is -2.28. The van der Waals surface area contributed by atoms with Crippen molar-refractivity contribution in [2.45, 2.75) is 58.7 Å². The van der Waals surface area contributed by atoms with E-state index >= 15 is 0 Å². The summed E-state index contributed by atoms with van der Waals surface area (Å²) in [5.41, 5.74) is 4.64. The Labute approximate surface area is 161 Å². The fourth-order valence-corrected chi connectivity index (χ4v) is 3.98. The first-order chi connectivity index (χ1) is 13.1. The predicted molar refractivity (Wildman–Crippen MR) is 106 cm³/mol. The van der Waals surface area contributed by atoms with Crippen molar-refractivity contribution in [3.05, 3.63) is 46.8 Å². The summed E-state index contributed by atoms with van der Waals surface area (Å²) in [6.45, 7) is 8.69. The zero-order valence-electron chi connectivity index (χ0n) is 16.5. The van der Waals surface area contributed by atoms with Crippen LogP contribution >= 0.6 is 0 Å². The summed E-state index contributed by atoms with van der Waals surface area (Å²) in [6, 6.07) is 8.39. The average molecular weight is 370 g/mol. The average Bonchev–Trinajstić information content (AvgIpc) is 2.90. The van der Waals surface area contributed by atoms with Crippen LogP contribution in [0.2, 0.25) is 0 Å². The lowest BCUT2D eigenvalue weighted by atomic mass is 9.80. The number of aryl methyl sites for hydroxylation is 3. The van der Waals surface area contributed by atoms with E-state index < -0.39 is 0 Å². The fraction of sp³-hybridized carbons (Fsp3) is 0.591. The van der Waals surface area contributed by atoms with Gasteiger partial charge in [0.15, 0.2) is 0 Å². The summed E-state index contributed by atoms with van der Waals surface area (Å²) in [7, 11) is 0. The minimum atomic E-state index is -0.389. The number of nitrogens with zero attached hydrogens (tertiary/aromatic N) is 3. The highest BCUT2D eigenvalue weighted by atomic mass is 16.5. The van der Waals surface area contributed by atoms with E-state index in [1.807, 2.05) is 6.07 Å². The van der Waals surface area contributed by atoms with E-state index in [0.717, 1.165) is 56.9 Å². The molecule has 0 radical (unpaired) electrons. The number of fused-ring (bicyclic) bond motifs is 1. The Hall–Kier alpha value is -1.85. The normalized spacial score (nSPS) is 19.2. The second-order valence-corrected chi connectivity index (χ2v) is 8.14. The number of ether oxygens (including phenoxy) is 1. The van der Waals surface area contributed by atoms with Gasteiger partial charge in [-0.3, -0.25) is 9.58 Å². The van der Waals surface area contributed by atoms with Gasteiger partial charge in [0.25, 0.3) is 0 Å². The Morgan fingerprint density at radius 3 is 2.74 bits per heavy atom. The molecule has 146 valence electrons. The molecule has 0 saturated heterocycles. The van der Waals surface area contributed by atoms with Crippen LogP contribution in [0, 0.1) is 19.8 Å². The van der Waals surface area contributed by atoms with Crippen molar-refractivity contribution in [1.82, 2.24) is 14.7 Å². The third-order valence-electron chi connectivity index (χ3n) is 6.17. The van der Waals surface area contributed by atoms with E-state index in [2.05, 4.69) is 41.6 Å². The van der Waals surface area contributed by atoms with Gasteiger partial charge in [-0.05, 0) is 68.4 Å². The molecule has 0 amide bonds. The van der Waals surface area contributed by atoms with Crippen LogP contribution in [-0.4, -0.2) is 39.5 Å². The van der Waals surface area contributed by atoms with Crippen LogP contribution in [0.1, 0.15) is 54.3 Å². The van der Waals surface area contributed by atoms with Crippen LogP contribution in [0.3, 0.4) is 0 Å². The van der Waals surface area contributed by atoms with Crippen molar-refractivity contribution in [3.8, 4) is 5.75 Å². The molecule has 2 aliphatic rings. The van der Waals surface area contributed by atoms with Crippen LogP contribution in [-0.2, 0) is 13.1 Å². The van der Waals surface area contributed by atoms with Crippen molar-refractivity contribution in [2.24, 2.45) is 5.92 Å². The molecule has 1 aromatic carbocycles. The van der Waals surface area contributed by atoms with Gasteiger partial charge < -0.3 is 9.84 Å². The van der Waals surface area contributed by atoms with Crippen molar-refractivity contribution in [1.29, 1.82) is 0 Å². The molecule has 5 heteroatoms. The summed E-state index contributed by atoms with van der Waals surface area (Å²) in [5.74, 6) is 1.36. The topological polar surface area (TPSA) is 50.5 Å². The maximum atomic E-state index is 10.5. The molecule has 1 aliphatic heterocycles. The molecule has 4 rings (SSSR count). The van der Waals surface area contributed by atoms with Crippen molar-refractivity contribution in [3.63, 3.8) is 0 Å². The maximum Gasteiger partial charge on any atom is 0.119 e. The van der Waals surface area contributed by atoms with Crippen molar-refractivity contribution < 1.29 is 9.84 Å². The molecule has 1 saturated carbocycles. The molecule has 1 atom stereocenters. The quantitative estimate of drug-likeness (QED) is 0.845. The Morgan fingerprint density at radius 1 is 1.15 bits per heavy atom. The van der Waals surface area contributed by atoms with E-state index in [1.54, 1.807) is 0 Å². The molecule has 27 heavy (non-hydrogen) atoms. The third-order valence-corrected chi connectivity index (χ3v) is 6.17. The highest BCUT2D eigenvalue weighted by molar-refractivity contribution is 5.33. The van der Waals surface area contributed by atoms with E-state index in [0.29, 0.717) is 12.5 Å². The summed E-state index contributed by atoms with van der Waals surface area (Å²) in [4.78, 5) is 2.43. The van der Waals surface area contributed by atoms with Crippen LogP contribution in [0.15, 0.2) is 24.3 Å². The van der Waals surface area contributed by atoms with Gasteiger partial charge in [0.1, 0.15) is 18.5 Å². The second-order valence-electron chi connectivity index (χ2n) is 8.14. The minimum absolute atomic E-state index is 0.389. The van der Waals surface area contributed by atoms with Crippen LogP contribution in [0.25, 0.3) is 0 Å².